The Kier molecular flexibility index (Phi) is 8.19. The van der Waals surface area contributed by atoms with E-state index in [-0.39, 0.29) is 12.8 Å². The van der Waals surface area contributed by atoms with Crippen molar-refractivity contribution in [2.45, 2.75) is 43.3 Å². The Labute approximate surface area is 123 Å². The molecule has 0 aliphatic heterocycles. The maximum atomic E-state index is 11.5. The van der Waals surface area contributed by atoms with E-state index in [1.54, 1.807) is 5.32 Å². The van der Waals surface area contributed by atoms with E-state index in [4.69, 9.17) is 15.3 Å². The first-order valence-corrected chi connectivity index (χ1v) is 5.96. The Hall–Kier alpha value is -2.08. The van der Waals surface area contributed by atoms with Gasteiger partial charge in [-0.05, 0) is 6.42 Å². The van der Waals surface area contributed by atoms with Gasteiger partial charge in [-0.3, -0.25) is 9.59 Å². The van der Waals surface area contributed by atoms with Crippen LogP contribution in [0.25, 0.3) is 0 Å². The van der Waals surface area contributed by atoms with Crippen LogP contribution in [0.2, 0.25) is 0 Å². The summed E-state index contributed by atoms with van der Waals surface area (Å²) in [5.74, 6) is -4.84. The van der Waals surface area contributed by atoms with Crippen LogP contribution in [-0.4, -0.2) is 85.2 Å². The van der Waals surface area contributed by atoms with Gasteiger partial charge in [-0.1, -0.05) is 0 Å². The van der Waals surface area contributed by atoms with E-state index >= 15 is 0 Å². The van der Waals surface area contributed by atoms with Crippen LogP contribution >= 0.6 is 0 Å². The number of aliphatic hydroxyl groups excluding tert-OH is 4. The zero-order chi connectivity index (χ0) is 17.4. The smallest absolute Gasteiger partial charge is 0.335 e. The highest BCUT2D eigenvalue weighted by Crippen LogP contribution is 2.07. The normalized spacial score (nSPS) is 17.6. The number of carbonyl (C=O) groups excluding carboxylic acids is 2. The first-order chi connectivity index (χ1) is 10.1. The zero-order valence-electron chi connectivity index (χ0n) is 11.1. The predicted octanol–water partition coefficient (Wildman–Crippen LogP) is -4.03. The molecule has 11 nitrogen and oxygen atoms in total. The molecule has 22 heavy (non-hydrogen) atoms. The molecule has 0 saturated carbocycles. The number of aliphatic hydroxyl groups is 4. The standard InChI is InChI=1S/C11H16NO10/c13-3-1-2-4(10(19)20)12-9(18)7(16)5(14)6(15)8(17)11(21)22/h4-8,14-17H,1-2H2,(H,12,18)(H,19,20)(H,21,22)/t4-,5+,6-,7-,8+/m0/s1. The third-order valence-electron chi connectivity index (χ3n) is 2.67. The van der Waals surface area contributed by atoms with Gasteiger partial charge in [-0.2, -0.15) is 0 Å². The molecule has 0 rings (SSSR count). The summed E-state index contributed by atoms with van der Waals surface area (Å²) in [6.45, 7) is 0. The maximum Gasteiger partial charge on any atom is 0.335 e. The fourth-order valence-corrected chi connectivity index (χ4v) is 1.39. The van der Waals surface area contributed by atoms with Crippen molar-refractivity contribution in [2.24, 2.45) is 0 Å². The molecule has 5 atom stereocenters. The highest BCUT2D eigenvalue weighted by molar-refractivity contribution is 5.86. The van der Waals surface area contributed by atoms with E-state index in [0.29, 0.717) is 0 Å². The van der Waals surface area contributed by atoms with E-state index in [1.807, 2.05) is 0 Å². The average Bonchev–Trinajstić information content (AvgIpc) is 2.47. The molecule has 0 saturated heterocycles. The molecule has 0 unspecified atom stereocenters. The van der Waals surface area contributed by atoms with Crippen molar-refractivity contribution in [3.05, 3.63) is 0 Å². The molecule has 1 amide bonds. The molecular weight excluding hydrogens is 306 g/mol. The Balaban J connectivity index is 4.78. The second-order valence-electron chi connectivity index (χ2n) is 4.29. The van der Waals surface area contributed by atoms with Gasteiger partial charge in [0.05, 0.1) is 0 Å². The summed E-state index contributed by atoms with van der Waals surface area (Å²) in [6.07, 6.45) is -8.84. The molecule has 0 fully saturated rings. The Morgan fingerprint density at radius 3 is 1.82 bits per heavy atom. The number of hydrogen-bond donors (Lipinski definition) is 7. The van der Waals surface area contributed by atoms with Gasteiger partial charge in [0, 0.05) is 6.42 Å². The van der Waals surface area contributed by atoms with Crippen molar-refractivity contribution in [2.75, 3.05) is 0 Å². The summed E-state index contributed by atoms with van der Waals surface area (Å²) >= 11 is 0. The van der Waals surface area contributed by atoms with Gasteiger partial charge in [-0.25, -0.2) is 9.59 Å². The van der Waals surface area contributed by atoms with Gasteiger partial charge in [-0.15, -0.1) is 0 Å². The summed E-state index contributed by atoms with van der Waals surface area (Å²) in [5.41, 5.74) is 0. The number of rotatable bonds is 10. The SMILES string of the molecule is O=[C]CC[C@H](NC(=O)[C@@H](O)[C@H](O)[C@H](O)[C@@H](O)C(=O)O)C(=O)O. The van der Waals surface area contributed by atoms with Crippen LogP contribution in [0.3, 0.4) is 0 Å². The second kappa shape index (κ2) is 9.04. The van der Waals surface area contributed by atoms with Gasteiger partial charge >= 0.3 is 11.9 Å². The van der Waals surface area contributed by atoms with Crippen molar-refractivity contribution in [1.29, 1.82) is 0 Å². The van der Waals surface area contributed by atoms with Gasteiger partial charge in [0.15, 0.2) is 18.5 Å². The maximum absolute atomic E-state index is 11.5. The summed E-state index contributed by atoms with van der Waals surface area (Å²) in [4.78, 5) is 42.8. The molecule has 0 spiro atoms. The van der Waals surface area contributed by atoms with Gasteiger partial charge in [0.1, 0.15) is 18.2 Å². The first kappa shape index (κ1) is 19.9. The van der Waals surface area contributed by atoms with Crippen LogP contribution in [0.5, 0.6) is 0 Å². The minimum Gasteiger partial charge on any atom is -0.480 e. The van der Waals surface area contributed by atoms with Crippen molar-refractivity contribution >= 4 is 24.1 Å². The summed E-state index contributed by atoms with van der Waals surface area (Å²) in [7, 11) is 0. The van der Waals surface area contributed by atoms with Gasteiger partial charge in [0.2, 0.25) is 0 Å². The molecule has 0 aliphatic rings. The molecule has 0 aromatic carbocycles. The molecule has 0 aromatic rings. The lowest BCUT2D eigenvalue weighted by molar-refractivity contribution is -0.166. The number of amides is 1. The number of carbonyl (C=O) groups is 3. The van der Waals surface area contributed by atoms with Crippen LogP contribution < -0.4 is 5.32 Å². The molecule has 125 valence electrons. The number of hydrogen-bond acceptors (Lipinski definition) is 8. The number of aliphatic carboxylic acids is 2. The van der Waals surface area contributed by atoms with E-state index in [9.17, 15) is 34.5 Å². The molecular formula is C11H16NO10. The lowest BCUT2D eigenvalue weighted by Crippen LogP contribution is -2.55. The van der Waals surface area contributed by atoms with Crippen LogP contribution in [0.15, 0.2) is 0 Å². The fraction of sp³-hybridized carbons (Fsp3) is 0.636. The summed E-state index contributed by atoms with van der Waals surface area (Å²) in [6, 6.07) is -1.56. The largest absolute Gasteiger partial charge is 0.480 e. The van der Waals surface area contributed by atoms with Crippen molar-refractivity contribution < 1.29 is 49.8 Å². The molecule has 1 radical (unpaired) electrons. The van der Waals surface area contributed by atoms with Crippen LogP contribution in [-0.2, 0) is 19.2 Å². The third kappa shape index (κ3) is 5.73. The minimum absolute atomic E-state index is 0.309. The van der Waals surface area contributed by atoms with Crippen molar-refractivity contribution in [1.82, 2.24) is 5.32 Å². The topological polar surface area (TPSA) is 202 Å². The summed E-state index contributed by atoms with van der Waals surface area (Å²) < 4.78 is 0. The fourth-order valence-electron chi connectivity index (χ4n) is 1.39. The van der Waals surface area contributed by atoms with E-state index in [0.717, 1.165) is 0 Å². The monoisotopic (exact) mass is 322 g/mol. The number of carboxylic acid groups (broad SMARTS) is 2. The van der Waals surface area contributed by atoms with Crippen molar-refractivity contribution in [3.8, 4) is 0 Å². The van der Waals surface area contributed by atoms with E-state index in [1.165, 1.54) is 6.29 Å². The molecule has 0 heterocycles. The Bertz CT molecular complexity index is 425. The Morgan fingerprint density at radius 2 is 1.41 bits per heavy atom. The lowest BCUT2D eigenvalue weighted by Gasteiger charge is -2.25. The average molecular weight is 322 g/mol. The molecule has 0 bridgehead atoms. The van der Waals surface area contributed by atoms with Crippen LogP contribution in [0, 0.1) is 0 Å². The van der Waals surface area contributed by atoms with Gasteiger partial charge < -0.3 is 36.0 Å². The number of nitrogens with one attached hydrogen (secondary N) is 1. The third-order valence-corrected chi connectivity index (χ3v) is 2.67. The van der Waals surface area contributed by atoms with E-state index < -0.39 is 48.3 Å². The zero-order valence-corrected chi connectivity index (χ0v) is 11.1. The molecule has 7 N–H and O–H groups in total. The van der Waals surface area contributed by atoms with Crippen LogP contribution in [0.4, 0.5) is 0 Å². The molecule has 11 heteroatoms. The molecule has 0 aromatic heterocycles. The quantitative estimate of drug-likeness (QED) is 0.207. The van der Waals surface area contributed by atoms with Crippen LogP contribution in [0.1, 0.15) is 12.8 Å². The Morgan fingerprint density at radius 1 is 0.909 bits per heavy atom. The first-order valence-electron chi connectivity index (χ1n) is 5.96. The lowest BCUT2D eigenvalue weighted by atomic mass is 10.0. The highest BCUT2D eigenvalue weighted by atomic mass is 16.4. The number of carboxylic acids is 2. The highest BCUT2D eigenvalue weighted by Gasteiger charge is 2.38. The minimum atomic E-state index is -2.46. The molecule has 0 aliphatic carbocycles. The second-order valence-corrected chi connectivity index (χ2v) is 4.29. The summed E-state index contributed by atoms with van der Waals surface area (Å²) in [5, 5.41) is 56.1. The predicted molar refractivity (Wildman–Crippen MR) is 66.2 cm³/mol. The van der Waals surface area contributed by atoms with Gasteiger partial charge in [0.25, 0.3) is 5.91 Å². The van der Waals surface area contributed by atoms with Crippen molar-refractivity contribution in [3.63, 3.8) is 0 Å². The van der Waals surface area contributed by atoms with E-state index in [2.05, 4.69) is 0 Å².